The first-order valence-corrected chi connectivity index (χ1v) is 8.65. The van der Waals surface area contributed by atoms with Crippen LogP contribution in [0.1, 0.15) is 36.6 Å². The summed E-state index contributed by atoms with van der Waals surface area (Å²) in [4.78, 5) is 0. The molecule has 0 aliphatic carbocycles. The Bertz CT molecular complexity index is 753. The van der Waals surface area contributed by atoms with Crippen molar-refractivity contribution >= 4 is 0 Å². The maximum atomic E-state index is 10.6. The summed E-state index contributed by atoms with van der Waals surface area (Å²) in [7, 11) is 0. The molecule has 1 aliphatic rings. The first kappa shape index (κ1) is 20.4. The zero-order chi connectivity index (χ0) is 18.0. The average Bonchev–Trinajstić information content (AvgIpc) is 3.04. The van der Waals surface area contributed by atoms with Gasteiger partial charge in [0.2, 0.25) is 6.79 Å². The van der Waals surface area contributed by atoms with E-state index in [0.717, 1.165) is 29.0 Å². The molecule has 3 unspecified atom stereocenters. The minimum atomic E-state index is -0.585. The monoisotopic (exact) mass is 379 g/mol. The second-order valence-electron chi connectivity index (χ2n) is 6.91. The molecule has 0 aromatic heterocycles. The van der Waals surface area contributed by atoms with Gasteiger partial charge in [-0.15, -0.1) is 0 Å². The van der Waals surface area contributed by atoms with E-state index < -0.39 is 6.10 Å². The van der Waals surface area contributed by atoms with Gasteiger partial charge in [0.15, 0.2) is 11.5 Å². The van der Waals surface area contributed by atoms with Crippen LogP contribution < -0.4 is 27.2 Å². The van der Waals surface area contributed by atoms with Crippen LogP contribution in [0.2, 0.25) is 0 Å². The Morgan fingerprint density at radius 2 is 1.81 bits per heavy atom. The maximum absolute atomic E-state index is 10.6. The van der Waals surface area contributed by atoms with Gasteiger partial charge in [0.05, 0.1) is 6.04 Å². The van der Waals surface area contributed by atoms with Crippen molar-refractivity contribution in [2.24, 2.45) is 0 Å². The van der Waals surface area contributed by atoms with E-state index in [0.29, 0.717) is 6.04 Å². The van der Waals surface area contributed by atoms with E-state index in [-0.39, 0.29) is 31.0 Å². The Morgan fingerprint density at radius 3 is 2.54 bits per heavy atom. The highest BCUT2D eigenvalue weighted by Gasteiger charge is 2.23. The summed E-state index contributed by atoms with van der Waals surface area (Å²) >= 11 is 0. The number of rotatable bonds is 6. The molecule has 26 heavy (non-hydrogen) atoms. The lowest BCUT2D eigenvalue weighted by molar-refractivity contribution is -0.722. The van der Waals surface area contributed by atoms with Gasteiger partial charge in [-0.05, 0) is 61.7 Å². The van der Waals surface area contributed by atoms with E-state index in [9.17, 15) is 10.2 Å². The summed E-state index contributed by atoms with van der Waals surface area (Å²) in [6.07, 6.45) is 0.293. The van der Waals surface area contributed by atoms with Crippen LogP contribution in [0.5, 0.6) is 17.2 Å². The van der Waals surface area contributed by atoms with Gasteiger partial charge in [0, 0.05) is 6.42 Å². The Hall–Kier alpha value is -1.95. The van der Waals surface area contributed by atoms with Gasteiger partial charge in [-0.2, -0.15) is 0 Å². The molecule has 3 atom stereocenters. The van der Waals surface area contributed by atoms with Crippen LogP contribution in [-0.4, -0.2) is 29.1 Å². The zero-order valence-corrected chi connectivity index (χ0v) is 16.0. The third-order valence-corrected chi connectivity index (χ3v) is 4.69. The van der Waals surface area contributed by atoms with Gasteiger partial charge in [0.1, 0.15) is 17.9 Å². The average molecular weight is 380 g/mol. The molecule has 0 spiro atoms. The lowest BCUT2D eigenvalue weighted by Gasteiger charge is -2.22. The number of phenolic OH excluding ortho intramolecular Hbond substituents is 1. The highest BCUT2D eigenvalue weighted by Crippen LogP contribution is 2.32. The summed E-state index contributed by atoms with van der Waals surface area (Å²) in [5.74, 6) is 1.85. The van der Waals surface area contributed by atoms with Crippen LogP contribution in [0.25, 0.3) is 0 Å². The molecule has 2 aromatic rings. The van der Waals surface area contributed by atoms with Crippen molar-refractivity contribution in [1.29, 1.82) is 0 Å². The van der Waals surface area contributed by atoms with Crippen molar-refractivity contribution in [1.82, 2.24) is 0 Å². The van der Waals surface area contributed by atoms with Gasteiger partial charge in [-0.1, -0.05) is 12.1 Å². The SMILES string of the molecule is Cc1cc(C(O)C(C)[NH2+]C(C)Cc2ccc3c(c2)OCO3)ccc1O.[Cl-]. The fourth-order valence-corrected chi connectivity index (χ4v) is 3.30. The van der Waals surface area contributed by atoms with Gasteiger partial charge in [-0.3, -0.25) is 0 Å². The molecule has 0 saturated carbocycles. The number of aryl methyl sites for hydroxylation is 1. The fourth-order valence-electron chi connectivity index (χ4n) is 3.30. The van der Waals surface area contributed by atoms with E-state index in [1.165, 1.54) is 5.56 Å². The van der Waals surface area contributed by atoms with E-state index in [1.54, 1.807) is 12.1 Å². The minimum absolute atomic E-state index is 0. The number of aliphatic hydroxyl groups is 1. The van der Waals surface area contributed by atoms with Crippen molar-refractivity contribution in [2.45, 2.75) is 45.4 Å². The molecule has 6 heteroatoms. The van der Waals surface area contributed by atoms with Crippen molar-refractivity contribution in [3.05, 3.63) is 53.1 Å². The molecule has 0 amide bonds. The zero-order valence-electron chi connectivity index (χ0n) is 15.3. The first-order chi connectivity index (χ1) is 11.9. The Balaban J connectivity index is 0.00000243. The standard InChI is InChI=1S/C20H25NO4.ClH/c1-12-8-16(5-6-17(12)22)20(23)14(3)21-13(2)9-15-4-7-18-19(10-15)25-11-24-18;/h4-8,10,13-14,20-23H,9,11H2,1-3H3;1H. The fraction of sp³-hybridized carbons (Fsp3) is 0.400. The number of nitrogens with two attached hydrogens (primary N) is 1. The molecule has 1 heterocycles. The summed E-state index contributed by atoms with van der Waals surface area (Å²) < 4.78 is 10.8. The van der Waals surface area contributed by atoms with E-state index in [4.69, 9.17) is 9.47 Å². The lowest BCUT2D eigenvalue weighted by Crippen LogP contribution is -3.00. The van der Waals surface area contributed by atoms with E-state index >= 15 is 0 Å². The van der Waals surface area contributed by atoms with Crippen molar-refractivity contribution in [3.63, 3.8) is 0 Å². The van der Waals surface area contributed by atoms with Crippen LogP contribution >= 0.6 is 0 Å². The predicted molar refractivity (Wildman–Crippen MR) is 94.9 cm³/mol. The molecule has 3 rings (SSSR count). The number of quaternary nitrogens is 1. The molecule has 0 bridgehead atoms. The lowest BCUT2D eigenvalue weighted by atomic mass is 9.99. The molecule has 2 aromatic carbocycles. The molecular formula is C20H26ClNO4. The number of aromatic hydroxyl groups is 1. The normalized spacial score (nSPS) is 15.8. The Kier molecular flexibility index (Phi) is 6.75. The molecule has 1 aliphatic heterocycles. The number of hydrogen-bond donors (Lipinski definition) is 3. The van der Waals surface area contributed by atoms with E-state index in [1.807, 2.05) is 32.0 Å². The van der Waals surface area contributed by atoms with Gasteiger partial charge in [0.25, 0.3) is 0 Å². The summed E-state index contributed by atoms with van der Waals surface area (Å²) in [5.41, 5.74) is 2.79. The van der Waals surface area contributed by atoms with Gasteiger partial charge in [-0.25, -0.2) is 0 Å². The molecule has 142 valence electrons. The smallest absolute Gasteiger partial charge is 0.231 e. The third kappa shape index (κ3) is 4.61. The number of aliphatic hydroxyl groups excluding tert-OH is 1. The van der Waals surface area contributed by atoms with Crippen LogP contribution in [0.4, 0.5) is 0 Å². The second kappa shape index (κ2) is 8.62. The third-order valence-electron chi connectivity index (χ3n) is 4.69. The Labute approximate surface area is 160 Å². The number of benzene rings is 2. The number of phenols is 1. The maximum Gasteiger partial charge on any atom is 0.231 e. The number of ether oxygens (including phenoxy) is 2. The Morgan fingerprint density at radius 1 is 1.08 bits per heavy atom. The quantitative estimate of drug-likeness (QED) is 0.605. The topological polar surface area (TPSA) is 75.5 Å². The molecule has 0 saturated heterocycles. The van der Waals surface area contributed by atoms with Crippen LogP contribution in [0.15, 0.2) is 36.4 Å². The summed E-state index contributed by atoms with van der Waals surface area (Å²) in [6, 6.07) is 11.6. The summed E-state index contributed by atoms with van der Waals surface area (Å²) in [6.45, 7) is 6.29. The number of fused-ring (bicyclic) bond motifs is 1. The van der Waals surface area contributed by atoms with Crippen molar-refractivity contribution < 1.29 is 37.4 Å². The highest BCUT2D eigenvalue weighted by molar-refractivity contribution is 5.44. The largest absolute Gasteiger partial charge is 1.00 e. The summed E-state index contributed by atoms with van der Waals surface area (Å²) in [5, 5.41) is 22.4. The second-order valence-corrected chi connectivity index (χ2v) is 6.91. The molecule has 5 nitrogen and oxygen atoms in total. The van der Waals surface area contributed by atoms with Crippen molar-refractivity contribution in [3.8, 4) is 17.2 Å². The van der Waals surface area contributed by atoms with Crippen LogP contribution in [0, 0.1) is 6.92 Å². The molecule has 4 N–H and O–H groups in total. The molecule has 0 fully saturated rings. The highest BCUT2D eigenvalue weighted by atomic mass is 35.5. The van der Waals surface area contributed by atoms with E-state index in [2.05, 4.69) is 18.3 Å². The predicted octanol–water partition coefficient (Wildman–Crippen LogP) is -0.950. The molecular weight excluding hydrogens is 354 g/mol. The van der Waals surface area contributed by atoms with Gasteiger partial charge < -0.3 is 37.4 Å². The molecule has 0 radical (unpaired) electrons. The minimum Gasteiger partial charge on any atom is -1.00 e. The first-order valence-electron chi connectivity index (χ1n) is 8.65. The van der Waals surface area contributed by atoms with Crippen molar-refractivity contribution in [2.75, 3.05) is 6.79 Å². The van der Waals surface area contributed by atoms with Gasteiger partial charge >= 0.3 is 0 Å². The van der Waals surface area contributed by atoms with Crippen LogP contribution in [-0.2, 0) is 6.42 Å². The van der Waals surface area contributed by atoms with Crippen LogP contribution in [0.3, 0.4) is 0 Å². The number of halogens is 1. The number of hydrogen-bond acceptors (Lipinski definition) is 4.